The standard InChI is InChI=1S/C12H7N3S/c1-3-7-10(13-5-1)9-11-8(4-2-6-14-11)16-12(9)15-7/h1-6,15H. The molecular weight excluding hydrogens is 218 g/mol. The molecule has 0 amide bonds. The lowest BCUT2D eigenvalue weighted by atomic mass is 10.3. The normalized spacial score (nSPS) is 11.8. The fraction of sp³-hybridized carbons (Fsp3) is 0. The maximum absolute atomic E-state index is 4.44. The van der Waals surface area contributed by atoms with Crippen LogP contribution >= 0.6 is 11.3 Å². The van der Waals surface area contributed by atoms with Crippen molar-refractivity contribution in [2.24, 2.45) is 0 Å². The van der Waals surface area contributed by atoms with E-state index < -0.39 is 0 Å². The van der Waals surface area contributed by atoms with E-state index in [-0.39, 0.29) is 0 Å². The van der Waals surface area contributed by atoms with Gasteiger partial charge in [0, 0.05) is 12.4 Å². The van der Waals surface area contributed by atoms with Crippen LogP contribution in [0.1, 0.15) is 0 Å². The summed E-state index contributed by atoms with van der Waals surface area (Å²) in [6.07, 6.45) is 3.65. The van der Waals surface area contributed by atoms with Crippen LogP contribution in [0.4, 0.5) is 0 Å². The Morgan fingerprint density at radius 1 is 1.00 bits per heavy atom. The molecule has 0 aliphatic heterocycles. The number of nitrogens with zero attached hydrogens (tertiary/aromatic N) is 2. The van der Waals surface area contributed by atoms with Crippen molar-refractivity contribution in [2.75, 3.05) is 0 Å². The molecule has 4 aromatic heterocycles. The highest BCUT2D eigenvalue weighted by Gasteiger charge is 2.12. The van der Waals surface area contributed by atoms with E-state index in [1.165, 1.54) is 4.70 Å². The monoisotopic (exact) mass is 225 g/mol. The number of rotatable bonds is 0. The topological polar surface area (TPSA) is 41.6 Å². The van der Waals surface area contributed by atoms with E-state index in [9.17, 15) is 0 Å². The molecule has 0 atom stereocenters. The van der Waals surface area contributed by atoms with Gasteiger partial charge in [-0.1, -0.05) is 0 Å². The van der Waals surface area contributed by atoms with Crippen LogP contribution in [-0.4, -0.2) is 15.0 Å². The van der Waals surface area contributed by atoms with Crippen LogP contribution < -0.4 is 0 Å². The minimum absolute atomic E-state index is 1.02. The van der Waals surface area contributed by atoms with E-state index in [0.29, 0.717) is 0 Å². The number of thiophene rings is 1. The minimum Gasteiger partial charge on any atom is -0.345 e. The first-order chi connectivity index (χ1) is 7.93. The predicted octanol–water partition coefficient (Wildman–Crippen LogP) is 3.33. The Hall–Kier alpha value is -1.94. The van der Waals surface area contributed by atoms with Crippen molar-refractivity contribution >= 4 is 42.8 Å². The summed E-state index contributed by atoms with van der Waals surface area (Å²) in [7, 11) is 0. The number of hydrogen-bond donors (Lipinski definition) is 1. The molecule has 4 heteroatoms. The zero-order chi connectivity index (χ0) is 10.5. The molecule has 1 N–H and O–H groups in total. The van der Waals surface area contributed by atoms with Crippen LogP contribution in [0.25, 0.3) is 31.5 Å². The average Bonchev–Trinajstić information content (AvgIpc) is 2.83. The third-order valence-corrected chi connectivity index (χ3v) is 3.80. The third-order valence-electron chi connectivity index (χ3n) is 2.74. The van der Waals surface area contributed by atoms with Crippen molar-refractivity contribution in [1.82, 2.24) is 15.0 Å². The lowest BCUT2D eigenvalue weighted by Gasteiger charge is -1.89. The van der Waals surface area contributed by atoms with E-state index in [1.54, 1.807) is 11.3 Å². The molecule has 0 bridgehead atoms. The van der Waals surface area contributed by atoms with E-state index in [2.05, 4.69) is 21.0 Å². The summed E-state index contributed by atoms with van der Waals surface area (Å²) in [6, 6.07) is 8.05. The smallest absolute Gasteiger partial charge is 0.105 e. The number of H-pyrrole nitrogens is 1. The first kappa shape index (κ1) is 8.24. The van der Waals surface area contributed by atoms with Crippen LogP contribution in [0, 0.1) is 0 Å². The van der Waals surface area contributed by atoms with Gasteiger partial charge in [-0.25, -0.2) is 0 Å². The van der Waals surface area contributed by atoms with Crippen LogP contribution in [0.15, 0.2) is 36.7 Å². The van der Waals surface area contributed by atoms with E-state index in [1.807, 2.05) is 30.6 Å². The molecular formula is C12H7N3S. The highest BCUT2D eigenvalue weighted by Crippen LogP contribution is 2.35. The van der Waals surface area contributed by atoms with Gasteiger partial charge in [-0.15, -0.1) is 11.3 Å². The highest BCUT2D eigenvalue weighted by atomic mass is 32.1. The zero-order valence-corrected chi connectivity index (χ0v) is 9.08. The third kappa shape index (κ3) is 0.919. The van der Waals surface area contributed by atoms with Gasteiger partial charge >= 0.3 is 0 Å². The Balaban J connectivity index is 2.38. The lowest BCUT2D eigenvalue weighted by Crippen LogP contribution is -1.74. The Morgan fingerprint density at radius 3 is 2.75 bits per heavy atom. The van der Waals surface area contributed by atoms with E-state index in [4.69, 9.17) is 0 Å². The number of nitrogens with one attached hydrogen (secondary N) is 1. The second-order valence-electron chi connectivity index (χ2n) is 3.68. The van der Waals surface area contributed by atoms with Crippen molar-refractivity contribution in [3.05, 3.63) is 36.7 Å². The van der Waals surface area contributed by atoms with Gasteiger partial charge in [-0.2, -0.15) is 0 Å². The van der Waals surface area contributed by atoms with Crippen molar-refractivity contribution < 1.29 is 0 Å². The largest absolute Gasteiger partial charge is 0.345 e. The fourth-order valence-corrected chi connectivity index (χ4v) is 3.14. The predicted molar refractivity (Wildman–Crippen MR) is 66.8 cm³/mol. The molecule has 0 radical (unpaired) electrons. The molecule has 0 saturated heterocycles. The summed E-state index contributed by atoms with van der Waals surface area (Å²) in [5.74, 6) is 0. The summed E-state index contributed by atoms with van der Waals surface area (Å²) in [5, 5.41) is 1.15. The first-order valence-electron chi connectivity index (χ1n) is 5.03. The summed E-state index contributed by atoms with van der Waals surface area (Å²) in [4.78, 5) is 13.4. The van der Waals surface area contributed by atoms with Gasteiger partial charge in [0.05, 0.1) is 26.6 Å². The summed E-state index contributed by atoms with van der Waals surface area (Å²) in [5.41, 5.74) is 3.14. The molecule has 4 heterocycles. The van der Waals surface area contributed by atoms with Gasteiger partial charge in [-0.05, 0) is 24.3 Å². The Labute approximate surface area is 94.8 Å². The van der Waals surface area contributed by atoms with Gasteiger partial charge in [0.15, 0.2) is 0 Å². The molecule has 0 spiro atoms. The van der Waals surface area contributed by atoms with Gasteiger partial charge in [0.2, 0.25) is 0 Å². The molecule has 4 rings (SSSR count). The Morgan fingerprint density at radius 2 is 1.81 bits per heavy atom. The minimum atomic E-state index is 1.02. The van der Waals surface area contributed by atoms with Crippen molar-refractivity contribution in [3.63, 3.8) is 0 Å². The molecule has 0 fully saturated rings. The number of pyridine rings is 2. The average molecular weight is 225 g/mol. The number of fused-ring (bicyclic) bond motifs is 5. The number of hydrogen-bond acceptors (Lipinski definition) is 3. The number of aromatic nitrogens is 3. The Kier molecular flexibility index (Phi) is 1.44. The molecule has 3 nitrogen and oxygen atoms in total. The van der Waals surface area contributed by atoms with Crippen LogP contribution in [0.2, 0.25) is 0 Å². The van der Waals surface area contributed by atoms with Gasteiger partial charge < -0.3 is 4.98 Å². The van der Waals surface area contributed by atoms with Crippen molar-refractivity contribution in [2.45, 2.75) is 0 Å². The van der Waals surface area contributed by atoms with Crippen LogP contribution in [-0.2, 0) is 0 Å². The summed E-state index contributed by atoms with van der Waals surface area (Å²) in [6.45, 7) is 0. The Bertz CT molecular complexity index is 747. The van der Waals surface area contributed by atoms with Crippen LogP contribution in [0.5, 0.6) is 0 Å². The molecule has 0 unspecified atom stereocenters. The van der Waals surface area contributed by atoms with Gasteiger partial charge in [0.1, 0.15) is 4.83 Å². The molecule has 0 aliphatic rings. The molecule has 0 aromatic carbocycles. The highest BCUT2D eigenvalue weighted by molar-refractivity contribution is 7.25. The SMILES string of the molecule is c1cnc2c(c1)[nH]c1sc3cccnc3c12. The molecule has 76 valence electrons. The maximum atomic E-state index is 4.44. The van der Waals surface area contributed by atoms with E-state index in [0.717, 1.165) is 26.8 Å². The first-order valence-corrected chi connectivity index (χ1v) is 5.85. The van der Waals surface area contributed by atoms with Crippen LogP contribution in [0.3, 0.4) is 0 Å². The van der Waals surface area contributed by atoms with E-state index >= 15 is 0 Å². The number of aromatic amines is 1. The van der Waals surface area contributed by atoms with Gasteiger partial charge in [0.25, 0.3) is 0 Å². The molecule has 16 heavy (non-hydrogen) atoms. The van der Waals surface area contributed by atoms with Crippen molar-refractivity contribution in [3.8, 4) is 0 Å². The lowest BCUT2D eigenvalue weighted by molar-refractivity contribution is 1.41. The summed E-state index contributed by atoms with van der Waals surface area (Å²) < 4.78 is 1.20. The molecule has 0 aliphatic carbocycles. The quantitative estimate of drug-likeness (QED) is 0.498. The van der Waals surface area contributed by atoms with Crippen molar-refractivity contribution in [1.29, 1.82) is 0 Å². The fourth-order valence-electron chi connectivity index (χ4n) is 2.06. The van der Waals surface area contributed by atoms with Gasteiger partial charge in [-0.3, -0.25) is 9.97 Å². The summed E-state index contributed by atoms with van der Waals surface area (Å²) >= 11 is 1.73. The second-order valence-corrected chi connectivity index (χ2v) is 4.73. The zero-order valence-electron chi connectivity index (χ0n) is 8.27. The molecule has 0 saturated carbocycles. The molecule has 4 aromatic rings. The second kappa shape index (κ2) is 2.80. The maximum Gasteiger partial charge on any atom is 0.105 e.